The number of nitrogens with zero attached hydrogens (tertiary/aromatic N) is 1. The van der Waals surface area contributed by atoms with E-state index in [4.69, 9.17) is 4.98 Å². The summed E-state index contributed by atoms with van der Waals surface area (Å²) < 4.78 is 3.31. The molecule has 4 heteroatoms. The Labute approximate surface area is 231 Å². The first-order valence-electron chi connectivity index (χ1n) is 11.8. The highest BCUT2D eigenvalue weighted by atomic mass is 79.9. The highest BCUT2D eigenvalue weighted by Gasteiger charge is 2.30. The van der Waals surface area contributed by atoms with Gasteiger partial charge in [-0.3, -0.25) is 0 Å². The number of hydrogen-bond acceptors (Lipinski definition) is 1. The van der Waals surface area contributed by atoms with Gasteiger partial charge in [0.2, 0.25) is 0 Å². The van der Waals surface area contributed by atoms with Crippen LogP contribution in [0.2, 0.25) is 0 Å². The molecule has 172 valence electrons. The number of halogens is 3. The van der Waals surface area contributed by atoms with Crippen molar-refractivity contribution < 1.29 is 0 Å². The normalized spacial score (nSPS) is 16.7. The van der Waals surface area contributed by atoms with E-state index in [1.165, 1.54) is 55.9 Å². The van der Waals surface area contributed by atoms with Crippen molar-refractivity contribution in [3.8, 4) is 11.1 Å². The molecule has 4 aromatic rings. The van der Waals surface area contributed by atoms with E-state index in [0.29, 0.717) is 0 Å². The van der Waals surface area contributed by atoms with E-state index in [0.717, 1.165) is 39.1 Å². The first-order valence-corrected chi connectivity index (χ1v) is 14.2. The third-order valence-corrected chi connectivity index (χ3v) is 8.44. The second kappa shape index (κ2) is 9.65. The molecule has 0 spiro atoms. The predicted molar refractivity (Wildman–Crippen MR) is 158 cm³/mol. The number of rotatable bonds is 3. The molecule has 2 aliphatic rings. The van der Waals surface area contributed by atoms with Crippen molar-refractivity contribution in [2.24, 2.45) is 0 Å². The molecule has 0 radical (unpaired) electrons. The Morgan fingerprint density at radius 3 is 1.34 bits per heavy atom. The Morgan fingerprint density at radius 1 is 0.514 bits per heavy atom. The maximum absolute atomic E-state index is 5.36. The number of allylic oxidation sites excluding steroid dienone is 2. The van der Waals surface area contributed by atoms with Gasteiger partial charge in [0.15, 0.2) is 0 Å². The van der Waals surface area contributed by atoms with Crippen LogP contribution in [0.15, 0.2) is 86.2 Å². The number of benzene rings is 3. The monoisotopic (exact) mass is 645 g/mol. The van der Waals surface area contributed by atoms with E-state index in [9.17, 15) is 0 Å². The molecule has 0 N–H and O–H groups in total. The summed E-state index contributed by atoms with van der Waals surface area (Å²) >= 11 is 10.7. The molecule has 2 aliphatic carbocycles. The maximum Gasteiger partial charge on any atom is 0.0707 e. The third-order valence-electron chi connectivity index (χ3n) is 6.85. The fraction of sp³-hybridized carbons (Fsp3) is 0.129. The molecule has 0 bridgehead atoms. The van der Waals surface area contributed by atoms with Crippen LogP contribution in [0.25, 0.3) is 34.4 Å². The quantitative estimate of drug-likeness (QED) is 0.216. The van der Waals surface area contributed by atoms with E-state index in [1.807, 2.05) is 0 Å². The van der Waals surface area contributed by atoms with Crippen LogP contribution < -0.4 is 0 Å². The molecule has 1 nitrogen and oxygen atoms in total. The zero-order valence-electron chi connectivity index (χ0n) is 19.0. The van der Waals surface area contributed by atoms with Gasteiger partial charge in [0.05, 0.1) is 11.4 Å². The van der Waals surface area contributed by atoms with Gasteiger partial charge < -0.3 is 0 Å². The van der Waals surface area contributed by atoms with Crippen LogP contribution in [-0.4, -0.2) is 4.98 Å². The molecule has 0 aliphatic heterocycles. The van der Waals surface area contributed by atoms with Crippen LogP contribution in [0, 0.1) is 0 Å². The van der Waals surface area contributed by atoms with Gasteiger partial charge in [0.25, 0.3) is 0 Å². The molecular weight excluding hydrogens is 626 g/mol. The minimum absolute atomic E-state index is 1.02. The molecule has 0 atom stereocenters. The van der Waals surface area contributed by atoms with E-state index in [-0.39, 0.29) is 0 Å². The topological polar surface area (TPSA) is 12.9 Å². The van der Waals surface area contributed by atoms with Gasteiger partial charge in [-0.1, -0.05) is 84.2 Å². The standard InChI is InChI=1S/C31H22Br3N/c32-24-9-1-19(2-10-24)17-22-7-15-27-29(21-5-13-26(34)14-6-21)28-16-8-23(31(28)35-30(22)27)18-20-3-11-25(33)12-4-20/h1-6,9-14,17-18H,7-8,15-16H2/b22-17+,23-18+. The van der Waals surface area contributed by atoms with Crippen LogP contribution in [0.4, 0.5) is 0 Å². The first kappa shape index (κ1) is 23.1. The molecule has 0 amide bonds. The van der Waals surface area contributed by atoms with Gasteiger partial charge in [-0.2, -0.15) is 0 Å². The summed E-state index contributed by atoms with van der Waals surface area (Å²) in [7, 11) is 0. The predicted octanol–water partition coefficient (Wildman–Crippen LogP) is 10.0. The van der Waals surface area contributed by atoms with Gasteiger partial charge in [-0.15, -0.1) is 0 Å². The van der Waals surface area contributed by atoms with Crippen LogP contribution in [0.1, 0.15) is 46.5 Å². The number of hydrogen-bond donors (Lipinski definition) is 0. The molecular formula is C31H22Br3N. The molecule has 6 rings (SSSR count). The van der Waals surface area contributed by atoms with Crippen molar-refractivity contribution in [3.05, 3.63) is 120 Å². The van der Waals surface area contributed by atoms with Gasteiger partial charge in [0.1, 0.15) is 0 Å². The number of fused-ring (bicyclic) bond motifs is 2. The van der Waals surface area contributed by atoms with Crippen LogP contribution >= 0.6 is 47.8 Å². The van der Waals surface area contributed by atoms with E-state index < -0.39 is 0 Å². The van der Waals surface area contributed by atoms with Gasteiger partial charge in [-0.25, -0.2) is 4.98 Å². The molecule has 0 fully saturated rings. The van der Waals surface area contributed by atoms with Gasteiger partial charge in [-0.05, 0) is 119 Å². The van der Waals surface area contributed by atoms with Crippen molar-refractivity contribution in [3.63, 3.8) is 0 Å². The SMILES string of the molecule is Brc1ccc(/C=C2\CCc3c2nc2c(c3-c3ccc(Br)cc3)CC/C2=C\c2ccc(Br)cc2)cc1. The van der Waals surface area contributed by atoms with Crippen LogP contribution in [-0.2, 0) is 12.8 Å². The zero-order chi connectivity index (χ0) is 23.9. The van der Waals surface area contributed by atoms with Crippen molar-refractivity contribution in [2.45, 2.75) is 25.7 Å². The molecule has 35 heavy (non-hydrogen) atoms. The third kappa shape index (κ3) is 4.64. The average molecular weight is 648 g/mol. The summed E-state index contributed by atoms with van der Waals surface area (Å²) in [5, 5.41) is 0. The second-order valence-electron chi connectivity index (χ2n) is 9.09. The molecule has 1 aromatic heterocycles. The molecule has 0 saturated heterocycles. The molecule has 3 aromatic carbocycles. The highest BCUT2D eigenvalue weighted by Crippen LogP contribution is 2.46. The summed E-state index contributed by atoms with van der Waals surface area (Å²) in [5.41, 5.74) is 12.9. The van der Waals surface area contributed by atoms with E-state index in [2.05, 4.69) is 133 Å². The Hall–Kier alpha value is -2.27. The Balaban J connectivity index is 1.53. The van der Waals surface area contributed by atoms with E-state index >= 15 is 0 Å². The molecule has 1 heterocycles. The Morgan fingerprint density at radius 2 is 0.914 bits per heavy atom. The van der Waals surface area contributed by atoms with Crippen molar-refractivity contribution >= 4 is 71.1 Å². The lowest BCUT2D eigenvalue weighted by atomic mass is 9.93. The lowest BCUT2D eigenvalue weighted by molar-refractivity contribution is 1.05. The summed E-state index contributed by atoms with van der Waals surface area (Å²) in [5.74, 6) is 0. The first-order chi connectivity index (χ1) is 17.0. The fourth-order valence-electron chi connectivity index (χ4n) is 5.21. The van der Waals surface area contributed by atoms with E-state index in [1.54, 1.807) is 0 Å². The average Bonchev–Trinajstić information content (AvgIpc) is 3.45. The van der Waals surface area contributed by atoms with Crippen LogP contribution in [0.5, 0.6) is 0 Å². The minimum Gasteiger partial charge on any atom is -0.248 e. The number of pyridine rings is 1. The fourth-order valence-corrected chi connectivity index (χ4v) is 6.00. The summed E-state index contributed by atoms with van der Waals surface area (Å²) in [6, 6.07) is 25.8. The van der Waals surface area contributed by atoms with Crippen molar-refractivity contribution in [2.75, 3.05) is 0 Å². The molecule has 0 unspecified atom stereocenters. The van der Waals surface area contributed by atoms with Crippen molar-refractivity contribution in [1.29, 1.82) is 0 Å². The second-order valence-corrected chi connectivity index (χ2v) is 11.8. The Bertz CT molecular complexity index is 1390. The molecule has 0 saturated carbocycles. The number of aromatic nitrogens is 1. The van der Waals surface area contributed by atoms with Gasteiger partial charge >= 0.3 is 0 Å². The lowest BCUT2D eigenvalue weighted by Crippen LogP contribution is -2.00. The summed E-state index contributed by atoms with van der Waals surface area (Å²) in [6.07, 6.45) is 8.75. The maximum atomic E-state index is 5.36. The minimum atomic E-state index is 1.02. The zero-order valence-corrected chi connectivity index (χ0v) is 23.8. The summed E-state index contributed by atoms with van der Waals surface area (Å²) in [4.78, 5) is 5.36. The summed E-state index contributed by atoms with van der Waals surface area (Å²) in [6.45, 7) is 0. The largest absolute Gasteiger partial charge is 0.248 e. The smallest absolute Gasteiger partial charge is 0.0707 e. The van der Waals surface area contributed by atoms with Crippen LogP contribution in [0.3, 0.4) is 0 Å². The highest BCUT2D eigenvalue weighted by molar-refractivity contribution is 9.11. The Kier molecular flexibility index (Phi) is 6.38. The lowest BCUT2D eigenvalue weighted by Gasteiger charge is -2.15. The van der Waals surface area contributed by atoms with Crippen molar-refractivity contribution in [1.82, 2.24) is 4.98 Å². The van der Waals surface area contributed by atoms with Gasteiger partial charge in [0, 0.05) is 13.4 Å².